The lowest BCUT2D eigenvalue weighted by molar-refractivity contribution is 0.423. The van der Waals surface area contributed by atoms with Gasteiger partial charge in [-0.15, -0.1) is 0 Å². The molecule has 2 heterocycles. The Morgan fingerprint density at radius 3 is 2.90 bits per heavy atom. The Morgan fingerprint density at radius 1 is 1.38 bits per heavy atom. The van der Waals surface area contributed by atoms with E-state index in [1.165, 1.54) is 30.7 Å². The van der Waals surface area contributed by atoms with Crippen LogP contribution in [0.25, 0.3) is 0 Å². The fraction of sp³-hybridized carbons (Fsp3) is 0.471. The van der Waals surface area contributed by atoms with Crippen molar-refractivity contribution in [3.05, 3.63) is 53.9 Å². The van der Waals surface area contributed by atoms with Crippen molar-refractivity contribution >= 4 is 0 Å². The van der Waals surface area contributed by atoms with Crippen molar-refractivity contribution in [2.24, 2.45) is 0 Å². The van der Waals surface area contributed by atoms with Gasteiger partial charge in [0.2, 0.25) is 0 Å². The van der Waals surface area contributed by atoms with Gasteiger partial charge in [0.1, 0.15) is 5.82 Å². The van der Waals surface area contributed by atoms with Crippen LogP contribution in [0.1, 0.15) is 43.0 Å². The highest BCUT2D eigenvalue weighted by molar-refractivity contribution is 5.18. The highest BCUT2D eigenvalue weighted by Gasteiger charge is 2.20. The van der Waals surface area contributed by atoms with Gasteiger partial charge in [0.25, 0.3) is 0 Å². The van der Waals surface area contributed by atoms with Crippen molar-refractivity contribution in [2.45, 2.75) is 38.1 Å². The molecule has 1 fully saturated rings. The van der Waals surface area contributed by atoms with E-state index in [0.717, 1.165) is 25.1 Å². The van der Waals surface area contributed by atoms with Crippen LogP contribution in [0, 0.1) is 5.82 Å². The van der Waals surface area contributed by atoms with E-state index >= 15 is 0 Å². The summed E-state index contributed by atoms with van der Waals surface area (Å²) in [7, 11) is 0. The van der Waals surface area contributed by atoms with Crippen molar-refractivity contribution in [3.63, 3.8) is 0 Å². The van der Waals surface area contributed by atoms with Gasteiger partial charge in [-0.1, -0.05) is 12.1 Å². The van der Waals surface area contributed by atoms with E-state index < -0.39 is 0 Å². The van der Waals surface area contributed by atoms with Gasteiger partial charge in [-0.25, -0.2) is 9.37 Å². The van der Waals surface area contributed by atoms with Gasteiger partial charge in [-0.05, 0) is 50.4 Å². The van der Waals surface area contributed by atoms with E-state index in [0.29, 0.717) is 12.0 Å². The summed E-state index contributed by atoms with van der Waals surface area (Å²) in [5, 5.41) is 3.46. The Hall–Kier alpha value is -1.68. The number of piperidine rings is 1. The van der Waals surface area contributed by atoms with Crippen LogP contribution >= 0.6 is 0 Å². The molecular formula is C17H22FN3. The minimum atomic E-state index is -0.178. The maximum Gasteiger partial charge on any atom is 0.123 e. The predicted octanol–water partition coefficient (Wildman–Crippen LogP) is 3.29. The molecule has 0 aliphatic carbocycles. The molecule has 0 amide bonds. The van der Waals surface area contributed by atoms with Crippen LogP contribution < -0.4 is 5.32 Å². The maximum atomic E-state index is 13.0. The molecule has 0 saturated carbocycles. The van der Waals surface area contributed by atoms with Gasteiger partial charge in [0.05, 0.1) is 6.33 Å². The zero-order valence-electron chi connectivity index (χ0n) is 12.4. The summed E-state index contributed by atoms with van der Waals surface area (Å²) in [6.07, 6.45) is 7.27. The van der Waals surface area contributed by atoms with Crippen LogP contribution in [-0.2, 0) is 6.42 Å². The standard InChI is InChI=1S/C17H22FN3/c1-13(9-14-4-6-16(18)7-5-14)21-12-20-11-17(21)15-3-2-8-19-10-15/h4-7,11-13,15,19H,2-3,8-10H2,1H3. The Balaban J connectivity index is 1.74. The molecule has 112 valence electrons. The number of hydrogen-bond acceptors (Lipinski definition) is 2. The lowest BCUT2D eigenvalue weighted by Crippen LogP contribution is -2.30. The Kier molecular flexibility index (Phi) is 4.34. The van der Waals surface area contributed by atoms with Crippen LogP contribution in [0.3, 0.4) is 0 Å². The second-order valence-corrected chi connectivity index (χ2v) is 5.95. The van der Waals surface area contributed by atoms with Crippen LogP contribution in [0.5, 0.6) is 0 Å². The van der Waals surface area contributed by atoms with E-state index in [4.69, 9.17) is 0 Å². The fourth-order valence-corrected chi connectivity index (χ4v) is 3.16. The van der Waals surface area contributed by atoms with Crippen LogP contribution in [-0.4, -0.2) is 22.6 Å². The molecule has 1 aromatic heterocycles. The number of nitrogens with zero attached hydrogens (tertiary/aromatic N) is 2. The lowest BCUT2D eigenvalue weighted by atomic mass is 9.96. The van der Waals surface area contributed by atoms with Gasteiger partial charge < -0.3 is 9.88 Å². The van der Waals surface area contributed by atoms with Crippen LogP contribution in [0.2, 0.25) is 0 Å². The molecule has 0 bridgehead atoms. The molecule has 1 aliphatic rings. The summed E-state index contributed by atoms with van der Waals surface area (Å²) in [6, 6.07) is 7.12. The number of hydrogen-bond donors (Lipinski definition) is 1. The Bertz CT molecular complexity index is 570. The molecule has 3 rings (SSSR count). The summed E-state index contributed by atoms with van der Waals surface area (Å²) in [5.41, 5.74) is 2.47. The summed E-state index contributed by atoms with van der Waals surface area (Å²) < 4.78 is 15.3. The number of halogens is 1. The zero-order valence-corrected chi connectivity index (χ0v) is 12.4. The van der Waals surface area contributed by atoms with E-state index in [1.807, 2.05) is 24.7 Å². The van der Waals surface area contributed by atoms with Crippen LogP contribution in [0.15, 0.2) is 36.8 Å². The van der Waals surface area contributed by atoms with Crippen molar-refractivity contribution in [3.8, 4) is 0 Å². The Morgan fingerprint density at radius 2 is 2.19 bits per heavy atom. The largest absolute Gasteiger partial charge is 0.331 e. The van der Waals surface area contributed by atoms with Gasteiger partial charge in [-0.2, -0.15) is 0 Å². The number of imidazole rings is 1. The average Bonchev–Trinajstić information content (AvgIpc) is 3.00. The highest BCUT2D eigenvalue weighted by Crippen LogP contribution is 2.26. The molecule has 0 radical (unpaired) electrons. The molecule has 3 nitrogen and oxygen atoms in total. The first kappa shape index (κ1) is 14.3. The van der Waals surface area contributed by atoms with Gasteiger partial charge in [0.15, 0.2) is 0 Å². The first-order valence-corrected chi connectivity index (χ1v) is 7.71. The molecule has 0 spiro atoms. The molecule has 1 aromatic carbocycles. The molecule has 2 unspecified atom stereocenters. The highest BCUT2D eigenvalue weighted by atomic mass is 19.1. The number of rotatable bonds is 4. The van der Waals surface area contributed by atoms with Crippen LogP contribution in [0.4, 0.5) is 4.39 Å². The van der Waals surface area contributed by atoms with Crippen molar-refractivity contribution in [2.75, 3.05) is 13.1 Å². The maximum absolute atomic E-state index is 13.0. The van der Waals surface area contributed by atoms with Gasteiger partial charge in [-0.3, -0.25) is 0 Å². The fourth-order valence-electron chi connectivity index (χ4n) is 3.16. The van der Waals surface area contributed by atoms with Crippen molar-refractivity contribution in [1.29, 1.82) is 0 Å². The summed E-state index contributed by atoms with van der Waals surface area (Å²) >= 11 is 0. The zero-order chi connectivity index (χ0) is 14.7. The topological polar surface area (TPSA) is 29.9 Å². The third kappa shape index (κ3) is 3.32. The predicted molar refractivity (Wildman–Crippen MR) is 81.9 cm³/mol. The lowest BCUT2D eigenvalue weighted by Gasteiger charge is -2.26. The number of aromatic nitrogens is 2. The van der Waals surface area contributed by atoms with E-state index in [9.17, 15) is 4.39 Å². The molecule has 4 heteroatoms. The number of nitrogens with one attached hydrogen (secondary N) is 1. The molecule has 2 atom stereocenters. The molecule has 2 aromatic rings. The molecule has 1 aliphatic heterocycles. The molecule has 1 N–H and O–H groups in total. The monoisotopic (exact) mass is 287 g/mol. The van der Waals surface area contributed by atoms with Crippen molar-refractivity contribution < 1.29 is 4.39 Å². The Labute approximate surface area is 125 Å². The van der Waals surface area contributed by atoms with E-state index in [1.54, 1.807) is 0 Å². The second kappa shape index (κ2) is 6.39. The summed E-state index contributed by atoms with van der Waals surface area (Å²) in [4.78, 5) is 4.35. The van der Waals surface area contributed by atoms with Crippen molar-refractivity contribution in [1.82, 2.24) is 14.9 Å². The number of benzene rings is 1. The smallest absolute Gasteiger partial charge is 0.123 e. The molecule has 1 saturated heterocycles. The second-order valence-electron chi connectivity index (χ2n) is 5.95. The quantitative estimate of drug-likeness (QED) is 0.935. The normalized spacial score (nSPS) is 20.4. The third-order valence-corrected chi connectivity index (χ3v) is 4.33. The summed E-state index contributed by atoms with van der Waals surface area (Å²) in [5.74, 6) is 0.375. The van der Waals surface area contributed by atoms with Gasteiger partial charge in [0, 0.05) is 30.4 Å². The summed E-state index contributed by atoms with van der Waals surface area (Å²) in [6.45, 7) is 4.36. The van der Waals surface area contributed by atoms with E-state index in [-0.39, 0.29) is 5.82 Å². The van der Waals surface area contributed by atoms with Gasteiger partial charge >= 0.3 is 0 Å². The molecule has 21 heavy (non-hydrogen) atoms. The SMILES string of the molecule is CC(Cc1ccc(F)cc1)n1cncc1C1CCCNC1. The molecular weight excluding hydrogens is 265 g/mol. The minimum Gasteiger partial charge on any atom is -0.331 e. The third-order valence-electron chi connectivity index (χ3n) is 4.33. The van der Waals surface area contributed by atoms with E-state index in [2.05, 4.69) is 21.8 Å². The average molecular weight is 287 g/mol. The first-order valence-electron chi connectivity index (χ1n) is 7.71. The minimum absolute atomic E-state index is 0.178. The first-order chi connectivity index (χ1) is 10.2.